The molecule has 1 aromatic heterocycles. The second-order valence-electron chi connectivity index (χ2n) is 5.73. The maximum atomic E-state index is 13.0. The minimum Gasteiger partial charge on any atom is -0.467 e. The van der Waals surface area contributed by atoms with E-state index in [-0.39, 0.29) is 36.8 Å². The van der Waals surface area contributed by atoms with Crippen LogP contribution in [0.25, 0.3) is 0 Å². The summed E-state index contributed by atoms with van der Waals surface area (Å²) in [5.41, 5.74) is 6.74. The van der Waals surface area contributed by atoms with Crippen molar-refractivity contribution >= 4 is 11.8 Å². The first-order valence-electron chi connectivity index (χ1n) is 7.94. The van der Waals surface area contributed by atoms with Gasteiger partial charge in [0.1, 0.15) is 11.6 Å². The summed E-state index contributed by atoms with van der Waals surface area (Å²) in [6, 6.07) is 9.18. The van der Waals surface area contributed by atoms with Gasteiger partial charge in [-0.2, -0.15) is 0 Å². The first-order valence-corrected chi connectivity index (χ1v) is 7.94. The third-order valence-corrected chi connectivity index (χ3v) is 4.01. The molecule has 0 saturated carbocycles. The van der Waals surface area contributed by atoms with Gasteiger partial charge in [0.25, 0.3) is 0 Å². The van der Waals surface area contributed by atoms with Crippen LogP contribution >= 0.6 is 0 Å². The van der Waals surface area contributed by atoms with Gasteiger partial charge in [-0.25, -0.2) is 9.82 Å². The lowest BCUT2D eigenvalue weighted by Gasteiger charge is -2.18. The maximum absolute atomic E-state index is 13.0. The molecule has 132 valence electrons. The molecule has 2 atom stereocenters. The minimum atomic E-state index is -0.400. The van der Waals surface area contributed by atoms with Crippen LogP contribution in [-0.2, 0) is 16.1 Å². The summed E-state index contributed by atoms with van der Waals surface area (Å²) < 4.78 is 18.2. The van der Waals surface area contributed by atoms with Crippen molar-refractivity contribution in [3.8, 4) is 0 Å². The predicted octanol–water partition coefficient (Wildman–Crippen LogP) is 0.616. The number of halogens is 1. The SMILES string of the molecule is O=C(CNC(=O)C1CNNC1c1ccc(F)cc1)NCc1ccco1. The Hall–Kier alpha value is -2.71. The molecule has 2 aromatic rings. The Bertz CT molecular complexity index is 718. The van der Waals surface area contributed by atoms with Crippen LogP contribution in [-0.4, -0.2) is 24.9 Å². The summed E-state index contributed by atoms with van der Waals surface area (Å²) in [5.74, 6) is -0.644. The molecular formula is C17H19FN4O3. The molecule has 1 fully saturated rings. The second kappa shape index (κ2) is 7.91. The van der Waals surface area contributed by atoms with Crippen LogP contribution in [0.4, 0.5) is 4.39 Å². The molecule has 1 aliphatic rings. The average Bonchev–Trinajstić information content (AvgIpc) is 3.30. The van der Waals surface area contributed by atoms with Gasteiger partial charge in [0.15, 0.2) is 0 Å². The number of carbonyl (C=O) groups excluding carboxylic acids is 2. The van der Waals surface area contributed by atoms with E-state index in [9.17, 15) is 14.0 Å². The van der Waals surface area contributed by atoms with Crippen LogP contribution in [0.3, 0.4) is 0 Å². The number of furan rings is 1. The van der Waals surface area contributed by atoms with Crippen molar-refractivity contribution in [2.75, 3.05) is 13.1 Å². The molecule has 25 heavy (non-hydrogen) atoms. The van der Waals surface area contributed by atoms with Crippen LogP contribution in [0.2, 0.25) is 0 Å². The first kappa shape index (κ1) is 17.1. The van der Waals surface area contributed by atoms with E-state index < -0.39 is 5.92 Å². The quantitative estimate of drug-likeness (QED) is 0.615. The summed E-state index contributed by atoms with van der Waals surface area (Å²) >= 11 is 0. The average molecular weight is 346 g/mol. The molecule has 3 rings (SSSR count). The number of carbonyl (C=O) groups is 2. The van der Waals surface area contributed by atoms with Gasteiger partial charge in [-0.3, -0.25) is 15.0 Å². The summed E-state index contributed by atoms with van der Waals surface area (Å²) in [4.78, 5) is 24.2. The van der Waals surface area contributed by atoms with Gasteiger partial charge >= 0.3 is 0 Å². The Balaban J connectivity index is 1.49. The first-order chi connectivity index (χ1) is 12.1. The lowest BCUT2D eigenvalue weighted by molar-refractivity contribution is -0.128. The topological polar surface area (TPSA) is 95.4 Å². The summed E-state index contributed by atoms with van der Waals surface area (Å²) in [6.45, 7) is 0.570. The van der Waals surface area contributed by atoms with Crippen molar-refractivity contribution < 1.29 is 18.4 Å². The molecule has 2 amide bonds. The van der Waals surface area contributed by atoms with E-state index in [0.29, 0.717) is 12.3 Å². The highest BCUT2D eigenvalue weighted by Gasteiger charge is 2.33. The minimum absolute atomic E-state index is 0.119. The van der Waals surface area contributed by atoms with E-state index in [0.717, 1.165) is 5.56 Å². The van der Waals surface area contributed by atoms with E-state index in [1.165, 1.54) is 18.4 Å². The molecule has 2 unspecified atom stereocenters. The number of rotatable bonds is 6. The van der Waals surface area contributed by atoms with E-state index in [1.54, 1.807) is 24.3 Å². The summed E-state index contributed by atoms with van der Waals surface area (Å²) in [7, 11) is 0. The molecule has 4 N–H and O–H groups in total. The third kappa shape index (κ3) is 4.43. The van der Waals surface area contributed by atoms with Crippen LogP contribution in [0, 0.1) is 11.7 Å². The largest absolute Gasteiger partial charge is 0.467 e. The lowest BCUT2D eigenvalue weighted by Crippen LogP contribution is -2.41. The van der Waals surface area contributed by atoms with Crippen LogP contribution in [0.5, 0.6) is 0 Å². The van der Waals surface area contributed by atoms with E-state index in [4.69, 9.17) is 4.42 Å². The van der Waals surface area contributed by atoms with Gasteiger partial charge in [0.05, 0.1) is 31.3 Å². The van der Waals surface area contributed by atoms with Gasteiger partial charge in [-0.15, -0.1) is 0 Å². The highest BCUT2D eigenvalue weighted by atomic mass is 19.1. The van der Waals surface area contributed by atoms with E-state index >= 15 is 0 Å². The molecule has 0 radical (unpaired) electrons. The standard InChI is InChI=1S/C17H19FN4O3/c18-12-5-3-11(4-6-12)16-14(9-21-22-16)17(24)20-10-15(23)19-8-13-2-1-7-25-13/h1-7,14,16,21-22H,8-10H2,(H,19,23)(H,20,24). The number of hydrogen-bond donors (Lipinski definition) is 4. The fraction of sp³-hybridized carbons (Fsp3) is 0.294. The molecule has 8 heteroatoms. The van der Waals surface area contributed by atoms with Crippen molar-refractivity contribution in [2.45, 2.75) is 12.6 Å². The Morgan fingerprint density at radius 2 is 2.00 bits per heavy atom. The zero-order valence-electron chi connectivity index (χ0n) is 13.4. The van der Waals surface area contributed by atoms with Crippen molar-refractivity contribution in [2.24, 2.45) is 5.92 Å². The van der Waals surface area contributed by atoms with E-state index in [1.807, 2.05) is 0 Å². The number of benzene rings is 1. The Kier molecular flexibility index (Phi) is 5.42. The number of nitrogens with one attached hydrogen (secondary N) is 4. The van der Waals surface area contributed by atoms with Crippen molar-refractivity contribution in [1.82, 2.24) is 21.5 Å². The van der Waals surface area contributed by atoms with Crippen molar-refractivity contribution in [3.63, 3.8) is 0 Å². The maximum Gasteiger partial charge on any atom is 0.239 e. The van der Waals surface area contributed by atoms with Crippen molar-refractivity contribution in [3.05, 3.63) is 59.8 Å². The van der Waals surface area contributed by atoms with Crippen LogP contribution < -0.4 is 21.5 Å². The Morgan fingerprint density at radius 1 is 1.20 bits per heavy atom. The molecule has 0 bridgehead atoms. The van der Waals surface area contributed by atoms with Crippen LogP contribution in [0.15, 0.2) is 47.1 Å². The lowest BCUT2D eigenvalue weighted by atomic mass is 9.94. The molecule has 7 nitrogen and oxygen atoms in total. The third-order valence-electron chi connectivity index (χ3n) is 4.01. The van der Waals surface area contributed by atoms with Gasteiger partial charge in [0.2, 0.25) is 11.8 Å². The predicted molar refractivity (Wildman–Crippen MR) is 87.3 cm³/mol. The number of hydrogen-bond acceptors (Lipinski definition) is 5. The smallest absolute Gasteiger partial charge is 0.239 e. The summed E-state index contributed by atoms with van der Waals surface area (Å²) in [6.07, 6.45) is 1.53. The van der Waals surface area contributed by atoms with Gasteiger partial charge in [-0.05, 0) is 29.8 Å². The highest BCUT2D eigenvalue weighted by molar-refractivity contribution is 5.86. The normalized spacial score (nSPS) is 19.6. The Labute approximate surface area is 143 Å². The Morgan fingerprint density at radius 3 is 2.72 bits per heavy atom. The van der Waals surface area contributed by atoms with E-state index in [2.05, 4.69) is 21.5 Å². The molecule has 0 spiro atoms. The van der Waals surface area contributed by atoms with Gasteiger partial charge in [0, 0.05) is 6.54 Å². The fourth-order valence-electron chi connectivity index (χ4n) is 2.69. The van der Waals surface area contributed by atoms with Gasteiger partial charge in [-0.1, -0.05) is 12.1 Å². The zero-order chi connectivity index (χ0) is 17.6. The molecule has 1 saturated heterocycles. The number of hydrazine groups is 1. The van der Waals surface area contributed by atoms with Crippen molar-refractivity contribution in [1.29, 1.82) is 0 Å². The highest BCUT2D eigenvalue weighted by Crippen LogP contribution is 2.25. The molecule has 1 aromatic carbocycles. The second-order valence-corrected chi connectivity index (χ2v) is 5.73. The number of amides is 2. The molecule has 1 aliphatic heterocycles. The van der Waals surface area contributed by atoms with Crippen LogP contribution in [0.1, 0.15) is 17.4 Å². The van der Waals surface area contributed by atoms with Gasteiger partial charge < -0.3 is 15.1 Å². The summed E-state index contributed by atoms with van der Waals surface area (Å²) in [5, 5.41) is 5.29. The molecular weight excluding hydrogens is 327 g/mol. The zero-order valence-corrected chi connectivity index (χ0v) is 13.4. The monoisotopic (exact) mass is 346 g/mol. The molecule has 2 heterocycles. The molecule has 0 aliphatic carbocycles. The fourth-order valence-corrected chi connectivity index (χ4v) is 2.69.